The van der Waals surface area contributed by atoms with Crippen LogP contribution in [-0.4, -0.2) is 52.1 Å². The number of aromatic nitrogens is 3. The van der Waals surface area contributed by atoms with Gasteiger partial charge in [0, 0.05) is 48.7 Å². The average Bonchev–Trinajstić information content (AvgIpc) is 2.84. The number of pyridine rings is 1. The normalized spacial score (nSPS) is 18.0. The number of rotatable bonds is 3. The maximum Gasteiger partial charge on any atom is 0.254 e. The van der Waals surface area contributed by atoms with Crippen molar-refractivity contribution in [2.45, 2.75) is 25.7 Å². The number of amides is 1. The number of piperidine rings is 1. The Morgan fingerprint density at radius 2 is 1.90 bits per heavy atom. The van der Waals surface area contributed by atoms with Crippen LogP contribution in [0.3, 0.4) is 0 Å². The molecular formula is C24H24N4O3. The second kappa shape index (κ2) is 8.34. The lowest BCUT2D eigenvalue weighted by molar-refractivity contribution is 0.0705. The van der Waals surface area contributed by atoms with Crippen LogP contribution in [0, 0.1) is 6.92 Å². The SMILES string of the molecule is Cc1ncc(-c2ccncc2)c(C2CCCN(C(=O)c3ccc4c(c3)OCCO4)C2)n1. The van der Waals surface area contributed by atoms with Crippen molar-refractivity contribution in [3.05, 3.63) is 66.0 Å². The van der Waals surface area contributed by atoms with Gasteiger partial charge in [-0.25, -0.2) is 9.97 Å². The molecule has 3 aromatic rings. The highest BCUT2D eigenvalue weighted by molar-refractivity contribution is 5.95. The predicted octanol–water partition coefficient (Wildman–Crippen LogP) is 3.64. The molecule has 7 heteroatoms. The Labute approximate surface area is 181 Å². The largest absolute Gasteiger partial charge is 0.486 e. The van der Waals surface area contributed by atoms with Gasteiger partial charge < -0.3 is 14.4 Å². The third-order valence-corrected chi connectivity index (χ3v) is 5.81. The van der Waals surface area contributed by atoms with Gasteiger partial charge >= 0.3 is 0 Å². The number of hydrogen-bond donors (Lipinski definition) is 0. The van der Waals surface area contributed by atoms with Gasteiger partial charge in [-0.1, -0.05) is 0 Å². The minimum atomic E-state index is 0.0120. The molecule has 7 nitrogen and oxygen atoms in total. The zero-order chi connectivity index (χ0) is 21.2. The summed E-state index contributed by atoms with van der Waals surface area (Å²) in [6.45, 7) is 4.30. The van der Waals surface area contributed by atoms with Gasteiger partial charge in [0.1, 0.15) is 19.0 Å². The zero-order valence-corrected chi connectivity index (χ0v) is 17.5. The van der Waals surface area contributed by atoms with E-state index in [1.807, 2.05) is 42.3 Å². The molecule has 0 N–H and O–H groups in total. The fraction of sp³-hybridized carbons (Fsp3) is 0.333. The molecule has 1 aromatic carbocycles. The topological polar surface area (TPSA) is 77.4 Å². The average molecular weight is 416 g/mol. The monoisotopic (exact) mass is 416 g/mol. The van der Waals surface area contributed by atoms with Gasteiger partial charge in [-0.15, -0.1) is 0 Å². The number of aryl methyl sites for hydroxylation is 1. The molecule has 2 aliphatic rings. The van der Waals surface area contributed by atoms with Gasteiger partial charge in [-0.3, -0.25) is 9.78 Å². The predicted molar refractivity (Wildman–Crippen MR) is 115 cm³/mol. The van der Waals surface area contributed by atoms with Crippen LogP contribution in [0.2, 0.25) is 0 Å². The van der Waals surface area contributed by atoms with E-state index in [1.54, 1.807) is 18.5 Å². The second-order valence-corrected chi connectivity index (χ2v) is 7.90. The number of carbonyl (C=O) groups is 1. The second-order valence-electron chi connectivity index (χ2n) is 7.90. The standard InChI is InChI=1S/C24H24N4O3/c1-16-26-14-20(17-6-8-25-9-7-17)23(27-16)19-3-2-10-28(15-19)24(29)18-4-5-21-22(13-18)31-12-11-30-21/h4-9,13-14,19H,2-3,10-12,15H2,1H3. The quantitative estimate of drug-likeness (QED) is 0.649. The first kappa shape index (κ1) is 19.5. The van der Waals surface area contributed by atoms with Gasteiger partial charge in [0.05, 0.1) is 5.69 Å². The Hall–Kier alpha value is -3.48. The Morgan fingerprint density at radius 3 is 2.74 bits per heavy atom. The van der Waals surface area contributed by atoms with Gasteiger partial charge in [0.25, 0.3) is 5.91 Å². The van der Waals surface area contributed by atoms with E-state index >= 15 is 0 Å². The molecule has 0 radical (unpaired) electrons. The first-order chi connectivity index (χ1) is 15.2. The highest BCUT2D eigenvalue weighted by atomic mass is 16.6. The van der Waals surface area contributed by atoms with Crippen LogP contribution >= 0.6 is 0 Å². The zero-order valence-electron chi connectivity index (χ0n) is 17.5. The Bertz CT molecular complexity index is 1100. The van der Waals surface area contributed by atoms with E-state index < -0.39 is 0 Å². The summed E-state index contributed by atoms with van der Waals surface area (Å²) in [6.07, 6.45) is 7.35. The maximum absolute atomic E-state index is 13.3. The van der Waals surface area contributed by atoms with Crippen molar-refractivity contribution in [1.82, 2.24) is 19.9 Å². The molecule has 1 amide bonds. The molecule has 5 rings (SSSR count). The van der Waals surface area contributed by atoms with E-state index in [0.717, 1.165) is 42.0 Å². The first-order valence-corrected chi connectivity index (χ1v) is 10.6. The molecule has 1 saturated heterocycles. The third-order valence-electron chi connectivity index (χ3n) is 5.81. The number of nitrogens with zero attached hydrogens (tertiary/aromatic N) is 4. The molecule has 1 unspecified atom stereocenters. The van der Waals surface area contributed by atoms with Gasteiger partial charge in [0.15, 0.2) is 11.5 Å². The van der Waals surface area contributed by atoms with Crippen molar-refractivity contribution in [2.24, 2.45) is 0 Å². The van der Waals surface area contributed by atoms with Crippen LogP contribution in [0.15, 0.2) is 48.9 Å². The van der Waals surface area contributed by atoms with Crippen molar-refractivity contribution in [1.29, 1.82) is 0 Å². The maximum atomic E-state index is 13.3. The molecular weight excluding hydrogens is 392 g/mol. The molecule has 2 aromatic heterocycles. The number of hydrogen-bond acceptors (Lipinski definition) is 6. The van der Waals surface area contributed by atoms with E-state index in [1.165, 1.54) is 0 Å². The van der Waals surface area contributed by atoms with Gasteiger partial charge in [-0.05, 0) is 55.7 Å². The number of benzene rings is 1. The lowest BCUT2D eigenvalue weighted by Crippen LogP contribution is -2.39. The Morgan fingerprint density at radius 1 is 1.10 bits per heavy atom. The molecule has 0 aliphatic carbocycles. The van der Waals surface area contributed by atoms with Crippen LogP contribution in [0.5, 0.6) is 11.5 Å². The molecule has 0 saturated carbocycles. The molecule has 0 bridgehead atoms. The smallest absolute Gasteiger partial charge is 0.254 e. The molecule has 1 atom stereocenters. The molecule has 158 valence electrons. The number of ether oxygens (including phenoxy) is 2. The summed E-state index contributed by atoms with van der Waals surface area (Å²) in [6, 6.07) is 9.36. The van der Waals surface area contributed by atoms with Gasteiger partial charge in [-0.2, -0.15) is 0 Å². The highest BCUT2D eigenvalue weighted by Crippen LogP contribution is 2.35. The van der Waals surface area contributed by atoms with Crippen molar-refractivity contribution < 1.29 is 14.3 Å². The van der Waals surface area contributed by atoms with Gasteiger partial charge in [0.2, 0.25) is 0 Å². The van der Waals surface area contributed by atoms with Crippen LogP contribution < -0.4 is 9.47 Å². The molecule has 0 spiro atoms. The van der Waals surface area contributed by atoms with Crippen molar-refractivity contribution >= 4 is 5.91 Å². The number of carbonyl (C=O) groups excluding carboxylic acids is 1. The Balaban J connectivity index is 1.41. The lowest BCUT2D eigenvalue weighted by atomic mass is 9.89. The summed E-state index contributed by atoms with van der Waals surface area (Å²) in [7, 11) is 0. The Kier molecular flexibility index (Phi) is 5.24. The van der Waals surface area contributed by atoms with Crippen LogP contribution in [0.1, 0.15) is 40.6 Å². The fourth-order valence-electron chi connectivity index (χ4n) is 4.30. The summed E-state index contributed by atoms with van der Waals surface area (Å²) in [5, 5.41) is 0. The summed E-state index contributed by atoms with van der Waals surface area (Å²) >= 11 is 0. The van der Waals surface area contributed by atoms with E-state index in [4.69, 9.17) is 14.5 Å². The van der Waals surface area contributed by atoms with Crippen LogP contribution in [0.4, 0.5) is 0 Å². The first-order valence-electron chi connectivity index (χ1n) is 10.6. The van der Waals surface area contributed by atoms with Crippen molar-refractivity contribution in [2.75, 3.05) is 26.3 Å². The summed E-state index contributed by atoms with van der Waals surface area (Å²) in [4.78, 5) is 28.5. The molecule has 4 heterocycles. The van der Waals surface area contributed by atoms with E-state index in [0.29, 0.717) is 36.8 Å². The third kappa shape index (κ3) is 3.95. The fourth-order valence-corrected chi connectivity index (χ4v) is 4.30. The summed E-state index contributed by atoms with van der Waals surface area (Å²) in [5.74, 6) is 2.23. The molecule has 1 fully saturated rings. The van der Waals surface area contributed by atoms with Crippen molar-refractivity contribution in [3.63, 3.8) is 0 Å². The lowest BCUT2D eigenvalue weighted by Gasteiger charge is -2.33. The molecule has 2 aliphatic heterocycles. The number of fused-ring (bicyclic) bond motifs is 1. The minimum absolute atomic E-state index is 0.0120. The highest BCUT2D eigenvalue weighted by Gasteiger charge is 2.29. The van der Waals surface area contributed by atoms with E-state index in [-0.39, 0.29) is 11.8 Å². The van der Waals surface area contributed by atoms with Crippen molar-refractivity contribution in [3.8, 4) is 22.6 Å². The molecule has 31 heavy (non-hydrogen) atoms. The van der Waals surface area contributed by atoms with E-state index in [9.17, 15) is 4.79 Å². The number of likely N-dealkylation sites (tertiary alicyclic amines) is 1. The minimum Gasteiger partial charge on any atom is -0.486 e. The summed E-state index contributed by atoms with van der Waals surface area (Å²) in [5.41, 5.74) is 3.67. The van der Waals surface area contributed by atoms with Crippen LogP contribution in [0.25, 0.3) is 11.1 Å². The van der Waals surface area contributed by atoms with Crippen LogP contribution in [-0.2, 0) is 0 Å². The summed E-state index contributed by atoms with van der Waals surface area (Å²) < 4.78 is 11.2. The van der Waals surface area contributed by atoms with E-state index in [2.05, 4.69) is 9.97 Å².